The van der Waals surface area contributed by atoms with Crippen LogP contribution in [0.5, 0.6) is 0 Å². The highest BCUT2D eigenvalue weighted by molar-refractivity contribution is 8.76. The van der Waals surface area contributed by atoms with Gasteiger partial charge in [-0.2, -0.15) is 0 Å². The predicted octanol–water partition coefficient (Wildman–Crippen LogP) is 0.934. The van der Waals surface area contributed by atoms with E-state index < -0.39 is 158 Å². The highest BCUT2D eigenvalue weighted by Gasteiger charge is 2.54. The Kier molecular flexibility index (Phi) is 64.5. The number of anilines is 1. The molecule has 0 bridgehead atoms. The lowest BCUT2D eigenvalue weighted by molar-refractivity contribution is -0.347. The number of rotatable bonds is 81. The average Bonchev–Trinajstić information content (AvgIpc) is 1.60. The lowest BCUT2D eigenvalue weighted by Crippen LogP contribution is -2.69. The van der Waals surface area contributed by atoms with Gasteiger partial charge in [-0.05, 0) is 62.1 Å². The number of unbranched alkanes of at least 4 members (excludes halogenated alkanes) is 8. The Morgan fingerprint density at radius 2 is 0.993 bits per heavy atom. The first-order valence-corrected chi connectivity index (χ1v) is 53.8. The van der Waals surface area contributed by atoms with Crippen LogP contribution in [0.15, 0.2) is 82.5 Å². The van der Waals surface area contributed by atoms with Crippen molar-refractivity contribution in [2.45, 2.75) is 247 Å². The molecule has 0 aliphatic carbocycles. The Balaban J connectivity index is 0.796. The second kappa shape index (κ2) is 75.4. The standard InChI is InChI=1S/C100H161N11O35S2/c1-68(2)21-12-10-8-6-5-7-9-11-13-27-81(117)108-88-92(124)89(121)76(65-75(113)95-93(125)94(126)97(145-95)110-37-31-82(118)109-100(110)128)143-99(88)146-98-87(106-69(3)112)91(123)90(122)77(144-98)67-142-84(120)33-64-148-147-63-20-28-80(116)107-73(96(127)105-35-29-78(114)104-36-30-83(119)111-66-70-22-14-15-23-71(70)85(101)86(102)72-24-16-17-26-74(72)111)25-18-19-34-103-79(115)32-38-130-41-42-132-45-46-134-49-50-136-53-54-138-57-58-140-61-62-141-60-59-139-56-55-137-52-51-135-48-47-133-44-43-131-40-39-129-4/h13-17,22-24,26-27,31,37,68,73,75-77,87-95,97-99,113,121-126H,5-12,18-21,25,28-30,32-36,38-67,101-102H2,1-4H3,(H,103,115)(H,104,114)(H,105,127)(H,106,112)(H,107,116)(H,108,117)(H,109,118,128)/b27-13-,86-85-/t73-,75+,76+,77+,87+,88+,89-,90+,91+,92+,93-,94+,95+,97+,98+,99-/m0/s1. The molecule has 46 nitrogen and oxygen atoms in total. The normalized spacial score (nSPS) is 21.7. The van der Waals surface area contributed by atoms with Crippen molar-refractivity contribution in [2.75, 3.05) is 215 Å². The number of methoxy groups -OCH3 is 1. The first-order chi connectivity index (χ1) is 71.7. The summed E-state index contributed by atoms with van der Waals surface area (Å²) in [5.74, 6) is -2.98. The van der Waals surface area contributed by atoms with Crippen LogP contribution < -0.4 is 59.5 Å². The third kappa shape index (κ3) is 49.6. The molecule has 0 unspecified atom stereocenters. The van der Waals surface area contributed by atoms with Crippen LogP contribution in [0.4, 0.5) is 5.69 Å². The van der Waals surface area contributed by atoms with E-state index >= 15 is 0 Å². The molecule has 3 fully saturated rings. The summed E-state index contributed by atoms with van der Waals surface area (Å²) in [7, 11) is 4.26. The molecule has 1 aromatic heterocycles. The number of nitrogens with one attached hydrogen (secondary N) is 7. The fraction of sp³-hybridized carbons (Fsp3) is 0.720. The van der Waals surface area contributed by atoms with Crippen LogP contribution in [-0.2, 0) is 130 Å². The molecule has 5 heterocycles. The molecule has 18 N–H and O–H groups in total. The minimum Gasteiger partial charge on any atom is -0.463 e. The third-order valence-electron chi connectivity index (χ3n) is 24.0. The highest BCUT2D eigenvalue weighted by Crippen LogP contribution is 2.37. The van der Waals surface area contributed by atoms with Crippen molar-refractivity contribution in [1.29, 1.82) is 0 Å². The minimum atomic E-state index is -1.98. The average molecular weight is 2140 g/mol. The highest BCUT2D eigenvalue weighted by atomic mass is 33.1. The Hall–Kier alpha value is -8.30. The number of H-pyrrole nitrogens is 1. The van der Waals surface area contributed by atoms with Gasteiger partial charge in [-0.25, -0.2) is 4.79 Å². The van der Waals surface area contributed by atoms with E-state index in [1.807, 2.05) is 29.2 Å². The van der Waals surface area contributed by atoms with Gasteiger partial charge in [0.15, 0.2) is 18.8 Å². The maximum atomic E-state index is 14.0. The lowest BCUT2D eigenvalue weighted by Gasteiger charge is -2.47. The van der Waals surface area contributed by atoms with Crippen LogP contribution in [0.25, 0.3) is 11.4 Å². The van der Waals surface area contributed by atoms with Gasteiger partial charge in [0.1, 0.15) is 73.6 Å². The van der Waals surface area contributed by atoms with Gasteiger partial charge in [-0.3, -0.25) is 52.7 Å². The summed E-state index contributed by atoms with van der Waals surface area (Å²) in [4.78, 5) is 135. The van der Waals surface area contributed by atoms with Crippen molar-refractivity contribution >= 4 is 86.0 Å². The number of hydrogen-bond acceptors (Lipinski definition) is 39. The Bertz CT molecular complexity index is 4460. The second-order valence-corrected chi connectivity index (χ2v) is 38.6. The zero-order valence-electron chi connectivity index (χ0n) is 85.7. The summed E-state index contributed by atoms with van der Waals surface area (Å²) >= 11 is 0. The van der Waals surface area contributed by atoms with Gasteiger partial charge in [-0.15, -0.1) is 0 Å². The van der Waals surface area contributed by atoms with Crippen molar-refractivity contribution < 1.29 is 159 Å². The molecule has 2 aromatic carbocycles. The van der Waals surface area contributed by atoms with Gasteiger partial charge in [0, 0.05) is 101 Å². The topological polar surface area (TPSA) is 627 Å². The number of nitrogens with zero attached hydrogens (tertiary/aromatic N) is 2. The van der Waals surface area contributed by atoms with Crippen LogP contribution in [0, 0.1) is 5.92 Å². The van der Waals surface area contributed by atoms with Crippen molar-refractivity contribution in [1.82, 2.24) is 41.5 Å². The Morgan fingerprint density at radius 3 is 1.57 bits per heavy atom. The van der Waals surface area contributed by atoms with Crippen molar-refractivity contribution in [3.63, 3.8) is 0 Å². The molecule has 7 amide bonds. The van der Waals surface area contributed by atoms with Crippen LogP contribution in [-0.4, -0.2) is 394 Å². The molecule has 148 heavy (non-hydrogen) atoms. The Labute approximate surface area is 872 Å². The maximum absolute atomic E-state index is 14.0. The number of benzene rings is 2. The first-order valence-electron chi connectivity index (χ1n) is 51.3. The molecule has 838 valence electrons. The quantitative estimate of drug-likeness (QED) is 0.0162. The van der Waals surface area contributed by atoms with Crippen LogP contribution in [0.3, 0.4) is 0 Å². The number of carbonyl (C=O) groups is 8. The molecule has 0 spiro atoms. The van der Waals surface area contributed by atoms with Gasteiger partial charge in [-0.1, -0.05) is 129 Å². The van der Waals surface area contributed by atoms with E-state index in [2.05, 4.69) is 45.7 Å². The van der Waals surface area contributed by atoms with E-state index in [4.69, 9.17) is 96.7 Å². The number of aromatic nitrogens is 2. The summed E-state index contributed by atoms with van der Waals surface area (Å²) in [6.45, 7) is 15.7. The molecule has 4 aliphatic heterocycles. The van der Waals surface area contributed by atoms with E-state index in [1.54, 1.807) is 42.4 Å². The summed E-state index contributed by atoms with van der Waals surface area (Å²) in [5, 5.41) is 96.5. The number of ether oxygens (including phenoxy) is 18. The number of hydrogen-bond donors (Lipinski definition) is 16. The fourth-order valence-corrected chi connectivity index (χ4v) is 18.0. The Morgan fingerprint density at radius 1 is 0.500 bits per heavy atom. The number of allylic oxidation sites excluding steroid dienone is 1. The molecule has 7 rings (SSSR count). The largest absolute Gasteiger partial charge is 0.463 e. The number of amides is 7. The minimum absolute atomic E-state index is 0.00507. The molecule has 16 atom stereocenters. The number of nitrogens with two attached hydrogens (primary N) is 2. The summed E-state index contributed by atoms with van der Waals surface area (Å²) < 4.78 is 102. The van der Waals surface area contributed by atoms with E-state index in [0.717, 1.165) is 61.4 Å². The molecule has 3 saturated heterocycles. The zero-order chi connectivity index (χ0) is 107. The monoisotopic (exact) mass is 2140 g/mol. The van der Waals surface area contributed by atoms with Gasteiger partial charge in [0.2, 0.25) is 41.4 Å². The second-order valence-electron chi connectivity index (χ2n) is 35.9. The van der Waals surface area contributed by atoms with E-state index in [0.29, 0.717) is 211 Å². The summed E-state index contributed by atoms with van der Waals surface area (Å²) in [5.41, 5.74) is 14.7. The van der Waals surface area contributed by atoms with Crippen LogP contribution >= 0.6 is 21.6 Å². The van der Waals surface area contributed by atoms with Crippen LogP contribution in [0.1, 0.15) is 166 Å². The van der Waals surface area contributed by atoms with Crippen LogP contribution in [0.2, 0.25) is 0 Å². The molecule has 3 aromatic rings. The first kappa shape index (κ1) is 127. The van der Waals surface area contributed by atoms with Crippen molar-refractivity contribution in [2.24, 2.45) is 17.4 Å². The third-order valence-corrected chi connectivity index (χ3v) is 26.4. The fourth-order valence-electron chi connectivity index (χ4n) is 16.0. The summed E-state index contributed by atoms with van der Waals surface area (Å²) in [6.07, 6.45) is -10.3. The van der Waals surface area contributed by atoms with E-state index in [9.17, 15) is 83.7 Å². The van der Waals surface area contributed by atoms with Crippen molar-refractivity contribution in [3.8, 4) is 0 Å². The zero-order valence-corrected chi connectivity index (χ0v) is 87.4. The molecular formula is C100H161N11O35S2. The SMILES string of the molecule is COCCOCCOCCOCCOCCOCCOCCOCCOCCOCCOCCOCCOCCC(=O)NCCCC[C@H](NC(=O)CCCSSCCC(=O)OC[C@H]1O[C@H](O[C@@H]2O[C@H](C[C@@H](O)[C@H]3O[C@@H](n4ccc(=O)[nH]c4=O)[C@H](O)[C@@H]3O)[C@H](O)[C@H](O)[C@H]2NC(=O)/C=C\CCCCCCCCCC(C)C)[C@H](NC(C)=O)[C@@H](O)[C@@H]1O)C(=O)NCCC(=O)NCCC(=O)N1Cc2ccccc2/C(N)=C(/N)c2ccccc21. The van der Waals surface area contributed by atoms with E-state index in [1.165, 1.54) is 46.9 Å². The maximum Gasteiger partial charge on any atom is 0.330 e. The molecule has 4 aliphatic rings. The molecular weight excluding hydrogens is 1980 g/mol. The van der Waals surface area contributed by atoms with Gasteiger partial charge < -0.3 is 169 Å². The van der Waals surface area contributed by atoms with Gasteiger partial charge >= 0.3 is 11.7 Å². The molecule has 0 saturated carbocycles. The molecule has 0 radical (unpaired) electrons. The summed E-state index contributed by atoms with van der Waals surface area (Å²) in [6, 6.07) is 11.2. The number of aliphatic hydroxyl groups excluding tert-OH is 7. The number of aliphatic hydroxyl groups is 7. The smallest absolute Gasteiger partial charge is 0.330 e. The lowest BCUT2D eigenvalue weighted by atomic mass is 9.91. The number of fused-ring (bicyclic) bond motifs is 2. The van der Waals surface area contributed by atoms with Crippen molar-refractivity contribution in [3.05, 3.63) is 110 Å². The number of aromatic amines is 1. The van der Waals surface area contributed by atoms with Gasteiger partial charge in [0.05, 0.1) is 207 Å². The van der Waals surface area contributed by atoms with Gasteiger partial charge in [0.25, 0.3) is 5.56 Å². The number of esters is 1. The predicted molar refractivity (Wildman–Crippen MR) is 545 cm³/mol. The number of para-hydroxylation sites is 1. The van der Waals surface area contributed by atoms with E-state index in [-0.39, 0.29) is 102 Å². The molecule has 48 heteroatoms. The number of carbonyl (C=O) groups excluding carboxylic acids is 8.